The molecule has 1 aliphatic rings. The molecule has 1 fully saturated rings. The van der Waals surface area contributed by atoms with Crippen LogP contribution in [0.15, 0.2) is 53.1 Å². The average molecular weight is 327 g/mol. The van der Waals surface area contributed by atoms with E-state index in [0.717, 1.165) is 31.9 Å². The van der Waals surface area contributed by atoms with Gasteiger partial charge in [0.05, 0.1) is 12.3 Å². The van der Waals surface area contributed by atoms with Crippen molar-refractivity contribution >= 4 is 11.6 Å². The minimum Gasteiger partial charge on any atom is -0.468 e. The molecule has 0 spiro atoms. The molecule has 5 nitrogen and oxygen atoms in total. The number of carbonyl (C=O) groups excluding carboxylic acids is 1. The predicted octanol–water partition coefficient (Wildman–Crippen LogP) is 2.67. The predicted molar refractivity (Wildman–Crippen MR) is 95.0 cm³/mol. The molecule has 1 aromatic carbocycles. The van der Waals surface area contributed by atoms with Crippen LogP contribution in [0.2, 0.25) is 0 Å². The number of anilines is 1. The highest BCUT2D eigenvalue weighted by Crippen LogP contribution is 2.24. The molecule has 2 aromatic rings. The Morgan fingerprint density at radius 1 is 1.12 bits per heavy atom. The topological polar surface area (TPSA) is 48.7 Å². The Kier molecular flexibility index (Phi) is 5.54. The number of benzene rings is 1. The first-order chi connectivity index (χ1) is 11.8. The summed E-state index contributed by atoms with van der Waals surface area (Å²) < 4.78 is 5.62. The summed E-state index contributed by atoms with van der Waals surface area (Å²) in [7, 11) is 0. The van der Waals surface area contributed by atoms with Crippen LogP contribution in [-0.2, 0) is 4.79 Å². The maximum atomic E-state index is 11.6. The van der Waals surface area contributed by atoms with Gasteiger partial charge >= 0.3 is 0 Å². The van der Waals surface area contributed by atoms with Crippen molar-refractivity contribution in [3.05, 3.63) is 54.5 Å². The van der Waals surface area contributed by atoms with Crippen LogP contribution >= 0.6 is 0 Å². The Morgan fingerprint density at radius 3 is 2.50 bits per heavy atom. The normalized spacial score (nSPS) is 16.8. The van der Waals surface area contributed by atoms with Gasteiger partial charge in [0.15, 0.2) is 0 Å². The van der Waals surface area contributed by atoms with Gasteiger partial charge in [-0.3, -0.25) is 9.69 Å². The number of carbonyl (C=O) groups is 1. The van der Waals surface area contributed by atoms with E-state index in [-0.39, 0.29) is 11.9 Å². The fraction of sp³-hybridized carbons (Fsp3) is 0.421. The van der Waals surface area contributed by atoms with Gasteiger partial charge in [-0.15, -0.1) is 0 Å². The molecule has 1 aliphatic heterocycles. The van der Waals surface area contributed by atoms with E-state index < -0.39 is 0 Å². The van der Waals surface area contributed by atoms with Crippen LogP contribution in [0.25, 0.3) is 0 Å². The second-order valence-electron chi connectivity index (χ2n) is 6.05. The molecular formula is C19H25N3O2. The fourth-order valence-electron chi connectivity index (χ4n) is 3.16. The van der Waals surface area contributed by atoms with Gasteiger partial charge in [0.2, 0.25) is 5.91 Å². The molecular weight excluding hydrogens is 302 g/mol. The largest absolute Gasteiger partial charge is 0.468 e. The lowest BCUT2D eigenvalue weighted by molar-refractivity contribution is -0.121. The van der Waals surface area contributed by atoms with Gasteiger partial charge in [-0.1, -0.05) is 25.1 Å². The van der Waals surface area contributed by atoms with Crippen molar-refractivity contribution in [2.75, 3.05) is 37.6 Å². The summed E-state index contributed by atoms with van der Waals surface area (Å²) in [4.78, 5) is 16.4. The lowest BCUT2D eigenvalue weighted by atomic mass is 10.1. The zero-order valence-corrected chi connectivity index (χ0v) is 14.1. The molecule has 1 aromatic heterocycles. The van der Waals surface area contributed by atoms with Gasteiger partial charge in [0, 0.05) is 44.8 Å². The number of rotatable bonds is 6. The third-order valence-electron chi connectivity index (χ3n) is 4.56. The highest BCUT2D eigenvalue weighted by molar-refractivity contribution is 5.75. The van der Waals surface area contributed by atoms with Gasteiger partial charge < -0.3 is 14.6 Å². The van der Waals surface area contributed by atoms with E-state index in [2.05, 4.69) is 39.4 Å². The number of furan rings is 1. The van der Waals surface area contributed by atoms with Crippen LogP contribution in [0.5, 0.6) is 0 Å². The molecule has 128 valence electrons. The molecule has 1 amide bonds. The van der Waals surface area contributed by atoms with Crippen molar-refractivity contribution in [1.29, 1.82) is 0 Å². The minimum absolute atomic E-state index is 0.0782. The second kappa shape index (κ2) is 8.02. The van der Waals surface area contributed by atoms with Crippen LogP contribution < -0.4 is 10.2 Å². The number of amides is 1. The van der Waals surface area contributed by atoms with Crippen molar-refractivity contribution in [2.45, 2.75) is 19.4 Å². The monoisotopic (exact) mass is 327 g/mol. The first kappa shape index (κ1) is 16.6. The Labute approximate surface area is 143 Å². The highest BCUT2D eigenvalue weighted by Gasteiger charge is 2.27. The molecule has 1 unspecified atom stereocenters. The molecule has 1 atom stereocenters. The Balaban J connectivity index is 1.63. The van der Waals surface area contributed by atoms with E-state index in [4.69, 9.17) is 4.42 Å². The van der Waals surface area contributed by atoms with Crippen molar-refractivity contribution in [2.24, 2.45) is 0 Å². The van der Waals surface area contributed by atoms with Gasteiger partial charge in [0.25, 0.3) is 0 Å². The van der Waals surface area contributed by atoms with Gasteiger partial charge in [0.1, 0.15) is 5.76 Å². The van der Waals surface area contributed by atoms with Crippen LogP contribution in [0.4, 0.5) is 5.69 Å². The third kappa shape index (κ3) is 3.97. The zero-order valence-electron chi connectivity index (χ0n) is 14.1. The average Bonchev–Trinajstić information content (AvgIpc) is 3.17. The molecule has 5 heteroatoms. The van der Waals surface area contributed by atoms with Crippen LogP contribution in [0, 0.1) is 0 Å². The molecule has 1 saturated heterocycles. The van der Waals surface area contributed by atoms with Crippen LogP contribution in [-0.4, -0.2) is 43.5 Å². The Morgan fingerprint density at radius 2 is 1.88 bits per heavy atom. The zero-order chi connectivity index (χ0) is 16.8. The number of piperazine rings is 1. The minimum atomic E-state index is 0.0782. The maximum Gasteiger partial charge on any atom is 0.219 e. The van der Waals surface area contributed by atoms with Crippen molar-refractivity contribution in [3.8, 4) is 0 Å². The SMILES string of the molecule is CCC(=O)NCC(c1ccco1)N1CCN(c2ccccc2)CC1. The summed E-state index contributed by atoms with van der Waals surface area (Å²) in [5.74, 6) is 0.994. The number of hydrogen-bond acceptors (Lipinski definition) is 4. The van der Waals surface area contributed by atoms with E-state index in [9.17, 15) is 4.79 Å². The smallest absolute Gasteiger partial charge is 0.219 e. The Bertz CT molecular complexity index is 619. The molecule has 0 radical (unpaired) electrons. The molecule has 2 heterocycles. The van der Waals surface area contributed by atoms with Gasteiger partial charge in [-0.2, -0.15) is 0 Å². The standard InChI is InChI=1S/C19H25N3O2/c1-2-19(23)20-15-17(18-9-6-14-24-18)22-12-10-21(11-13-22)16-7-4-3-5-8-16/h3-9,14,17H,2,10-13,15H2,1H3,(H,20,23). The quantitative estimate of drug-likeness (QED) is 0.886. The van der Waals surface area contributed by atoms with Crippen molar-refractivity contribution < 1.29 is 9.21 Å². The van der Waals surface area contributed by atoms with E-state index in [1.807, 2.05) is 25.1 Å². The third-order valence-corrected chi connectivity index (χ3v) is 4.56. The lowest BCUT2D eigenvalue weighted by Crippen LogP contribution is -2.49. The summed E-state index contributed by atoms with van der Waals surface area (Å²) in [6.07, 6.45) is 2.21. The summed E-state index contributed by atoms with van der Waals surface area (Å²) >= 11 is 0. The van der Waals surface area contributed by atoms with Crippen molar-refractivity contribution in [3.63, 3.8) is 0 Å². The van der Waals surface area contributed by atoms with Crippen LogP contribution in [0.1, 0.15) is 25.1 Å². The summed E-state index contributed by atoms with van der Waals surface area (Å²) in [6, 6.07) is 14.5. The lowest BCUT2D eigenvalue weighted by Gasteiger charge is -2.39. The van der Waals surface area contributed by atoms with Crippen molar-refractivity contribution in [1.82, 2.24) is 10.2 Å². The first-order valence-corrected chi connectivity index (χ1v) is 8.62. The van der Waals surface area contributed by atoms with Gasteiger partial charge in [-0.05, 0) is 24.3 Å². The molecule has 24 heavy (non-hydrogen) atoms. The molecule has 3 rings (SSSR count). The number of para-hydroxylation sites is 1. The molecule has 0 saturated carbocycles. The van der Waals surface area contributed by atoms with E-state index in [1.165, 1.54) is 5.69 Å². The van der Waals surface area contributed by atoms with E-state index in [1.54, 1.807) is 6.26 Å². The molecule has 0 aliphatic carbocycles. The van der Waals surface area contributed by atoms with E-state index >= 15 is 0 Å². The van der Waals surface area contributed by atoms with Crippen LogP contribution in [0.3, 0.4) is 0 Å². The van der Waals surface area contributed by atoms with Gasteiger partial charge in [-0.25, -0.2) is 0 Å². The number of nitrogens with one attached hydrogen (secondary N) is 1. The highest BCUT2D eigenvalue weighted by atomic mass is 16.3. The Hall–Kier alpha value is -2.27. The summed E-state index contributed by atoms with van der Waals surface area (Å²) in [5, 5.41) is 3.01. The number of hydrogen-bond donors (Lipinski definition) is 1. The molecule has 0 bridgehead atoms. The maximum absolute atomic E-state index is 11.6. The summed E-state index contributed by atoms with van der Waals surface area (Å²) in [6.45, 7) is 6.30. The number of nitrogens with zero attached hydrogens (tertiary/aromatic N) is 2. The van der Waals surface area contributed by atoms with E-state index in [0.29, 0.717) is 13.0 Å². The second-order valence-corrected chi connectivity index (χ2v) is 6.05. The molecule has 1 N–H and O–H groups in total. The fourth-order valence-corrected chi connectivity index (χ4v) is 3.16. The first-order valence-electron chi connectivity index (χ1n) is 8.62. The summed E-state index contributed by atoms with van der Waals surface area (Å²) in [5.41, 5.74) is 1.27.